The van der Waals surface area contributed by atoms with E-state index in [1.807, 2.05) is 54.6 Å². The number of carboxylic acids is 2. The van der Waals surface area contributed by atoms with Gasteiger partial charge in [-0.1, -0.05) is 61.5 Å². The number of nitrogens with one attached hydrogen (secondary N) is 1. The fraction of sp³-hybridized carbons (Fsp3) is 0.208. The molecule has 0 aliphatic rings. The summed E-state index contributed by atoms with van der Waals surface area (Å²) in [5, 5.41) is 21.0. The molecule has 0 spiro atoms. The van der Waals surface area contributed by atoms with E-state index < -0.39 is 29.8 Å². The molecule has 1 heterocycles. The number of hydrogen-bond donors (Lipinski definition) is 3. The minimum atomic E-state index is -1.27. The van der Waals surface area contributed by atoms with Gasteiger partial charge >= 0.3 is 11.9 Å². The number of aliphatic carboxylic acids is 1. The van der Waals surface area contributed by atoms with Crippen molar-refractivity contribution in [1.82, 2.24) is 5.32 Å². The molecule has 2 aromatic carbocycles. The van der Waals surface area contributed by atoms with Gasteiger partial charge in [0.2, 0.25) is 5.76 Å². The van der Waals surface area contributed by atoms with Crippen LogP contribution in [0, 0.1) is 5.92 Å². The fourth-order valence-electron chi connectivity index (χ4n) is 3.30. The molecular weight excluding hydrogens is 398 g/mol. The topological polar surface area (TPSA) is 117 Å². The SMILES string of the molecule is C[C@H](CC(Cc1ccc(-c2ccccc2)cc1)NC(=O)c1ccc(C(=O)O)o1)C(=O)O. The van der Waals surface area contributed by atoms with E-state index in [2.05, 4.69) is 5.32 Å². The molecule has 1 amide bonds. The summed E-state index contributed by atoms with van der Waals surface area (Å²) in [7, 11) is 0. The molecule has 7 nitrogen and oxygen atoms in total. The van der Waals surface area contributed by atoms with E-state index in [1.54, 1.807) is 6.92 Å². The van der Waals surface area contributed by atoms with Crippen molar-refractivity contribution in [3.8, 4) is 11.1 Å². The monoisotopic (exact) mass is 421 g/mol. The second-order valence-corrected chi connectivity index (χ2v) is 7.38. The molecule has 0 saturated heterocycles. The maximum atomic E-state index is 12.5. The van der Waals surface area contributed by atoms with Crippen LogP contribution in [0.25, 0.3) is 11.1 Å². The van der Waals surface area contributed by atoms with Crippen molar-refractivity contribution in [1.29, 1.82) is 0 Å². The third-order valence-electron chi connectivity index (χ3n) is 4.98. The molecule has 0 saturated carbocycles. The van der Waals surface area contributed by atoms with Gasteiger partial charge in [0.15, 0.2) is 5.76 Å². The van der Waals surface area contributed by atoms with Gasteiger partial charge < -0.3 is 19.9 Å². The van der Waals surface area contributed by atoms with Crippen molar-refractivity contribution in [2.75, 3.05) is 0 Å². The summed E-state index contributed by atoms with van der Waals surface area (Å²) in [5.74, 6) is -3.95. The molecule has 0 radical (unpaired) electrons. The smallest absolute Gasteiger partial charge is 0.371 e. The van der Waals surface area contributed by atoms with Gasteiger partial charge in [0, 0.05) is 6.04 Å². The molecule has 1 unspecified atom stereocenters. The predicted molar refractivity (Wildman–Crippen MR) is 114 cm³/mol. The molecule has 3 aromatic rings. The maximum absolute atomic E-state index is 12.5. The molecule has 160 valence electrons. The first-order valence-electron chi connectivity index (χ1n) is 9.84. The van der Waals surface area contributed by atoms with E-state index >= 15 is 0 Å². The molecule has 0 fully saturated rings. The second-order valence-electron chi connectivity index (χ2n) is 7.38. The number of carboxylic acid groups (broad SMARTS) is 2. The van der Waals surface area contributed by atoms with Crippen LogP contribution in [0.2, 0.25) is 0 Å². The zero-order valence-electron chi connectivity index (χ0n) is 16.9. The average molecular weight is 421 g/mol. The number of rotatable bonds is 9. The molecule has 3 N–H and O–H groups in total. The molecule has 7 heteroatoms. The normalized spacial score (nSPS) is 12.7. The minimum Gasteiger partial charge on any atom is -0.481 e. The number of benzene rings is 2. The Balaban J connectivity index is 1.74. The van der Waals surface area contributed by atoms with E-state index in [0.29, 0.717) is 6.42 Å². The molecular formula is C24H23NO6. The number of hydrogen-bond acceptors (Lipinski definition) is 4. The van der Waals surface area contributed by atoms with Gasteiger partial charge in [-0.05, 0) is 41.7 Å². The van der Waals surface area contributed by atoms with E-state index in [1.165, 1.54) is 12.1 Å². The van der Waals surface area contributed by atoms with E-state index in [9.17, 15) is 19.5 Å². The quantitative estimate of drug-likeness (QED) is 0.479. The van der Waals surface area contributed by atoms with Crippen LogP contribution in [0.15, 0.2) is 71.1 Å². The van der Waals surface area contributed by atoms with Gasteiger partial charge in [0.05, 0.1) is 5.92 Å². The minimum absolute atomic E-state index is 0.134. The summed E-state index contributed by atoms with van der Waals surface area (Å²) in [4.78, 5) is 34.8. The van der Waals surface area contributed by atoms with Crippen LogP contribution in [0.1, 0.15) is 40.0 Å². The van der Waals surface area contributed by atoms with Gasteiger partial charge in [0.25, 0.3) is 5.91 Å². The van der Waals surface area contributed by atoms with Gasteiger partial charge in [-0.25, -0.2) is 4.79 Å². The Bertz CT molecular complexity index is 1060. The van der Waals surface area contributed by atoms with Crippen LogP contribution < -0.4 is 5.32 Å². The summed E-state index contributed by atoms with van der Waals surface area (Å²) >= 11 is 0. The lowest BCUT2D eigenvalue weighted by Gasteiger charge is -2.20. The van der Waals surface area contributed by atoms with Crippen LogP contribution in [0.4, 0.5) is 0 Å². The maximum Gasteiger partial charge on any atom is 0.371 e. The van der Waals surface area contributed by atoms with Crippen molar-refractivity contribution in [2.24, 2.45) is 5.92 Å². The highest BCUT2D eigenvalue weighted by Gasteiger charge is 2.23. The number of amides is 1. The van der Waals surface area contributed by atoms with Crippen molar-refractivity contribution < 1.29 is 29.0 Å². The summed E-state index contributed by atoms with van der Waals surface area (Å²) in [5.41, 5.74) is 3.08. The average Bonchev–Trinajstić information content (AvgIpc) is 3.25. The Labute approximate surface area is 179 Å². The lowest BCUT2D eigenvalue weighted by Crippen LogP contribution is -2.38. The Morgan fingerprint density at radius 1 is 0.871 bits per heavy atom. The zero-order valence-corrected chi connectivity index (χ0v) is 16.9. The first kappa shape index (κ1) is 21.8. The van der Waals surface area contributed by atoms with E-state index in [4.69, 9.17) is 9.52 Å². The van der Waals surface area contributed by atoms with Crippen LogP contribution in [-0.2, 0) is 11.2 Å². The van der Waals surface area contributed by atoms with Gasteiger partial charge in [-0.2, -0.15) is 0 Å². The van der Waals surface area contributed by atoms with Crippen molar-refractivity contribution in [3.05, 3.63) is 83.8 Å². The lowest BCUT2D eigenvalue weighted by atomic mass is 9.95. The van der Waals surface area contributed by atoms with Crippen LogP contribution in [0.5, 0.6) is 0 Å². The first-order chi connectivity index (χ1) is 14.8. The fourth-order valence-corrected chi connectivity index (χ4v) is 3.30. The van der Waals surface area contributed by atoms with Crippen molar-refractivity contribution in [2.45, 2.75) is 25.8 Å². The third-order valence-corrected chi connectivity index (χ3v) is 4.98. The Hall–Kier alpha value is -3.87. The predicted octanol–water partition coefficient (Wildman–Crippen LogP) is 4.10. The summed E-state index contributed by atoms with van der Waals surface area (Å²) in [6.45, 7) is 1.58. The Morgan fingerprint density at radius 3 is 2.06 bits per heavy atom. The van der Waals surface area contributed by atoms with Gasteiger partial charge in [-0.3, -0.25) is 9.59 Å². The van der Waals surface area contributed by atoms with Gasteiger partial charge in [-0.15, -0.1) is 0 Å². The number of carbonyl (C=O) groups excluding carboxylic acids is 1. The molecule has 0 bridgehead atoms. The molecule has 0 aliphatic carbocycles. The number of carbonyl (C=O) groups is 3. The number of furan rings is 1. The summed E-state index contributed by atoms with van der Waals surface area (Å²) in [6, 6.07) is 19.8. The van der Waals surface area contributed by atoms with Crippen LogP contribution in [0.3, 0.4) is 0 Å². The largest absolute Gasteiger partial charge is 0.481 e. The molecule has 31 heavy (non-hydrogen) atoms. The first-order valence-corrected chi connectivity index (χ1v) is 9.84. The van der Waals surface area contributed by atoms with Crippen LogP contribution >= 0.6 is 0 Å². The standard InChI is InChI=1S/C24H23NO6/c1-15(23(27)28)13-19(25-22(26)20-11-12-21(31-20)24(29)30)14-16-7-9-18(10-8-16)17-5-3-2-4-6-17/h2-12,15,19H,13-14H2,1H3,(H,25,26)(H,27,28)(H,29,30)/t15-,19?/m1/s1. The van der Waals surface area contributed by atoms with Crippen molar-refractivity contribution >= 4 is 17.8 Å². The Morgan fingerprint density at radius 2 is 1.48 bits per heavy atom. The highest BCUT2D eigenvalue weighted by molar-refractivity contribution is 5.93. The van der Waals surface area contributed by atoms with Crippen molar-refractivity contribution in [3.63, 3.8) is 0 Å². The zero-order chi connectivity index (χ0) is 22.4. The summed E-state index contributed by atoms with van der Waals surface area (Å²) in [6.07, 6.45) is 0.638. The molecule has 1 aromatic heterocycles. The van der Waals surface area contributed by atoms with E-state index in [-0.39, 0.29) is 17.9 Å². The molecule has 3 rings (SSSR count). The highest BCUT2D eigenvalue weighted by atomic mass is 16.4. The summed E-state index contributed by atoms with van der Waals surface area (Å²) < 4.78 is 5.05. The molecule has 0 aliphatic heterocycles. The van der Waals surface area contributed by atoms with E-state index in [0.717, 1.165) is 16.7 Å². The molecule has 2 atom stereocenters. The third kappa shape index (κ3) is 5.82. The van der Waals surface area contributed by atoms with Gasteiger partial charge in [0.1, 0.15) is 0 Å². The highest BCUT2D eigenvalue weighted by Crippen LogP contribution is 2.21. The van der Waals surface area contributed by atoms with Crippen LogP contribution in [-0.4, -0.2) is 34.1 Å². The number of aromatic carboxylic acids is 1. The Kier molecular flexibility index (Phi) is 6.87. The lowest BCUT2D eigenvalue weighted by molar-refractivity contribution is -0.141. The second kappa shape index (κ2) is 9.75.